The van der Waals surface area contributed by atoms with Crippen molar-refractivity contribution in [3.63, 3.8) is 0 Å². The molecule has 66 valence electrons. The monoisotopic (exact) mass is 160 g/mol. The Morgan fingerprint density at radius 3 is 2.45 bits per heavy atom. The molecule has 0 radical (unpaired) electrons. The Morgan fingerprint density at radius 2 is 2.09 bits per heavy atom. The van der Waals surface area contributed by atoms with Gasteiger partial charge in [-0.15, -0.1) is 0 Å². The summed E-state index contributed by atoms with van der Waals surface area (Å²) >= 11 is 0. The van der Waals surface area contributed by atoms with Gasteiger partial charge in [-0.25, -0.2) is 0 Å². The van der Waals surface area contributed by atoms with Crippen LogP contribution in [0, 0.1) is 0 Å². The van der Waals surface area contributed by atoms with Gasteiger partial charge in [-0.2, -0.15) is 0 Å². The highest BCUT2D eigenvalue weighted by atomic mass is 16.3. The molecule has 0 aliphatic rings. The molecule has 1 unspecified atom stereocenters. The van der Waals surface area contributed by atoms with Crippen LogP contribution >= 0.6 is 0 Å². The van der Waals surface area contributed by atoms with Gasteiger partial charge in [-0.3, -0.25) is 4.79 Å². The number of hydrogen-bond donors (Lipinski definition) is 3. The first-order valence-corrected chi connectivity index (χ1v) is 3.71. The Hall–Kier alpha value is -0.610. The van der Waals surface area contributed by atoms with E-state index in [0.29, 0.717) is 6.54 Å². The maximum atomic E-state index is 10.8. The standard InChI is InChI=1S/C7H16N2O2/c1-5(8-3)4-9-7(11)6(2)10/h5-6,8,10H,4H2,1-3H3,(H,9,11)/t5?,6-/m0/s1. The van der Waals surface area contributed by atoms with Crippen LogP contribution in [0.15, 0.2) is 0 Å². The summed E-state index contributed by atoms with van der Waals surface area (Å²) in [5.41, 5.74) is 0. The van der Waals surface area contributed by atoms with E-state index in [-0.39, 0.29) is 11.9 Å². The number of carbonyl (C=O) groups excluding carboxylic acids is 1. The zero-order valence-electron chi connectivity index (χ0n) is 7.22. The van der Waals surface area contributed by atoms with E-state index in [2.05, 4.69) is 10.6 Å². The number of nitrogens with one attached hydrogen (secondary N) is 2. The van der Waals surface area contributed by atoms with Crippen molar-refractivity contribution in [2.75, 3.05) is 13.6 Å². The number of carbonyl (C=O) groups is 1. The number of likely N-dealkylation sites (N-methyl/N-ethyl adjacent to an activating group) is 1. The normalized spacial score (nSPS) is 15.6. The molecule has 0 aromatic rings. The largest absolute Gasteiger partial charge is 0.384 e. The lowest BCUT2D eigenvalue weighted by Crippen LogP contribution is -2.40. The molecule has 4 nitrogen and oxygen atoms in total. The molecule has 0 fully saturated rings. The molecule has 0 rings (SSSR count). The van der Waals surface area contributed by atoms with Crippen LogP contribution in [0.4, 0.5) is 0 Å². The summed E-state index contributed by atoms with van der Waals surface area (Å²) in [6.45, 7) is 3.93. The Bertz CT molecular complexity index is 126. The summed E-state index contributed by atoms with van der Waals surface area (Å²) in [7, 11) is 1.82. The summed E-state index contributed by atoms with van der Waals surface area (Å²) in [6, 6.07) is 0.234. The number of aliphatic hydroxyl groups is 1. The van der Waals surface area contributed by atoms with E-state index >= 15 is 0 Å². The smallest absolute Gasteiger partial charge is 0.248 e. The van der Waals surface area contributed by atoms with E-state index in [4.69, 9.17) is 5.11 Å². The molecule has 0 aromatic heterocycles. The SMILES string of the molecule is CNC(C)CNC(=O)[C@H](C)O. The molecule has 3 N–H and O–H groups in total. The first-order valence-electron chi connectivity index (χ1n) is 3.71. The van der Waals surface area contributed by atoms with Crippen molar-refractivity contribution in [3.05, 3.63) is 0 Å². The molecule has 0 aliphatic heterocycles. The number of aliphatic hydroxyl groups excluding tert-OH is 1. The molecule has 0 heterocycles. The lowest BCUT2D eigenvalue weighted by Gasteiger charge is -2.12. The van der Waals surface area contributed by atoms with Gasteiger partial charge in [0, 0.05) is 12.6 Å². The van der Waals surface area contributed by atoms with Crippen molar-refractivity contribution >= 4 is 5.91 Å². The molecule has 0 bridgehead atoms. The molecular formula is C7H16N2O2. The highest BCUT2D eigenvalue weighted by Crippen LogP contribution is 1.80. The van der Waals surface area contributed by atoms with Crippen LogP contribution in [0.5, 0.6) is 0 Å². The summed E-state index contributed by atoms with van der Waals surface area (Å²) in [5, 5.41) is 14.3. The molecule has 2 atom stereocenters. The number of amides is 1. The fraction of sp³-hybridized carbons (Fsp3) is 0.857. The zero-order valence-corrected chi connectivity index (χ0v) is 7.22. The van der Waals surface area contributed by atoms with E-state index in [0.717, 1.165) is 0 Å². The lowest BCUT2D eigenvalue weighted by atomic mass is 10.3. The van der Waals surface area contributed by atoms with Crippen molar-refractivity contribution in [1.29, 1.82) is 0 Å². The molecule has 0 saturated heterocycles. The van der Waals surface area contributed by atoms with Crippen molar-refractivity contribution in [2.24, 2.45) is 0 Å². The minimum atomic E-state index is -0.918. The number of rotatable bonds is 4. The van der Waals surface area contributed by atoms with E-state index in [1.807, 2.05) is 14.0 Å². The van der Waals surface area contributed by atoms with Gasteiger partial charge in [0.1, 0.15) is 6.10 Å². The van der Waals surface area contributed by atoms with Crippen LogP contribution in [-0.2, 0) is 4.79 Å². The Labute approximate surface area is 67.0 Å². The van der Waals surface area contributed by atoms with E-state index in [9.17, 15) is 4.79 Å². The Balaban J connectivity index is 3.46. The molecule has 1 amide bonds. The Morgan fingerprint density at radius 1 is 1.55 bits per heavy atom. The van der Waals surface area contributed by atoms with Gasteiger partial charge >= 0.3 is 0 Å². The highest BCUT2D eigenvalue weighted by Gasteiger charge is 2.08. The van der Waals surface area contributed by atoms with Crippen LogP contribution in [0.25, 0.3) is 0 Å². The van der Waals surface area contributed by atoms with E-state index in [1.54, 1.807) is 0 Å². The second-order valence-corrected chi connectivity index (χ2v) is 2.61. The summed E-state index contributed by atoms with van der Waals surface area (Å²) in [5.74, 6) is -0.327. The third kappa shape index (κ3) is 4.75. The summed E-state index contributed by atoms with van der Waals surface area (Å²) in [4.78, 5) is 10.8. The zero-order chi connectivity index (χ0) is 8.85. The van der Waals surface area contributed by atoms with Crippen LogP contribution in [0.3, 0.4) is 0 Å². The molecule has 0 aromatic carbocycles. The molecule has 0 saturated carbocycles. The van der Waals surface area contributed by atoms with Crippen LogP contribution < -0.4 is 10.6 Å². The van der Waals surface area contributed by atoms with Gasteiger partial charge in [0.2, 0.25) is 5.91 Å². The number of hydrogen-bond acceptors (Lipinski definition) is 3. The first kappa shape index (κ1) is 10.4. The van der Waals surface area contributed by atoms with Gasteiger partial charge in [-0.05, 0) is 20.9 Å². The second kappa shape index (κ2) is 5.09. The topological polar surface area (TPSA) is 61.4 Å². The van der Waals surface area contributed by atoms with Gasteiger partial charge in [-0.1, -0.05) is 0 Å². The molecule has 0 spiro atoms. The highest BCUT2D eigenvalue weighted by molar-refractivity contribution is 5.79. The minimum absolute atomic E-state index is 0.234. The van der Waals surface area contributed by atoms with Crippen molar-refractivity contribution < 1.29 is 9.90 Å². The first-order chi connectivity index (χ1) is 5.07. The van der Waals surface area contributed by atoms with Gasteiger partial charge < -0.3 is 15.7 Å². The molecule has 11 heavy (non-hydrogen) atoms. The van der Waals surface area contributed by atoms with Gasteiger partial charge in [0.15, 0.2) is 0 Å². The fourth-order valence-electron chi connectivity index (χ4n) is 0.503. The van der Waals surface area contributed by atoms with Crippen LogP contribution in [0.2, 0.25) is 0 Å². The predicted octanol–water partition coefficient (Wildman–Crippen LogP) is -0.909. The lowest BCUT2D eigenvalue weighted by molar-refractivity contribution is -0.128. The molecule has 4 heteroatoms. The summed E-state index contributed by atoms with van der Waals surface area (Å²) < 4.78 is 0. The average molecular weight is 160 g/mol. The van der Waals surface area contributed by atoms with E-state index in [1.165, 1.54) is 6.92 Å². The van der Waals surface area contributed by atoms with Crippen molar-refractivity contribution in [2.45, 2.75) is 26.0 Å². The fourth-order valence-corrected chi connectivity index (χ4v) is 0.503. The van der Waals surface area contributed by atoms with Crippen LogP contribution in [0.1, 0.15) is 13.8 Å². The van der Waals surface area contributed by atoms with Crippen LogP contribution in [-0.4, -0.2) is 36.8 Å². The van der Waals surface area contributed by atoms with Crippen molar-refractivity contribution in [1.82, 2.24) is 10.6 Å². The molecule has 0 aliphatic carbocycles. The van der Waals surface area contributed by atoms with Gasteiger partial charge in [0.05, 0.1) is 0 Å². The third-order valence-electron chi connectivity index (χ3n) is 1.45. The minimum Gasteiger partial charge on any atom is -0.384 e. The predicted molar refractivity (Wildman–Crippen MR) is 43.2 cm³/mol. The average Bonchev–Trinajstić information content (AvgIpc) is 1.99. The van der Waals surface area contributed by atoms with Gasteiger partial charge in [0.25, 0.3) is 0 Å². The Kier molecular flexibility index (Phi) is 4.81. The van der Waals surface area contributed by atoms with E-state index < -0.39 is 6.10 Å². The third-order valence-corrected chi connectivity index (χ3v) is 1.45. The maximum Gasteiger partial charge on any atom is 0.248 e. The maximum absolute atomic E-state index is 10.8. The molecular weight excluding hydrogens is 144 g/mol. The van der Waals surface area contributed by atoms with Crippen molar-refractivity contribution in [3.8, 4) is 0 Å². The second-order valence-electron chi connectivity index (χ2n) is 2.61. The summed E-state index contributed by atoms with van der Waals surface area (Å²) in [6.07, 6.45) is -0.918. The quantitative estimate of drug-likeness (QED) is 0.499.